The monoisotopic (exact) mass is 750 g/mol. The summed E-state index contributed by atoms with van der Waals surface area (Å²) >= 11 is 4.27. The van der Waals surface area contributed by atoms with Gasteiger partial charge in [-0.1, -0.05) is 26.0 Å². The lowest BCUT2D eigenvalue weighted by molar-refractivity contribution is -0.119. The zero-order valence-corrected chi connectivity index (χ0v) is 26.3. The van der Waals surface area contributed by atoms with Crippen LogP contribution in [0.5, 0.6) is 11.5 Å². The third-order valence-electron chi connectivity index (χ3n) is 5.98. The van der Waals surface area contributed by atoms with Crippen LogP contribution in [0.4, 0.5) is 0 Å². The van der Waals surface area contributed by atoms with Gasteiger partial charge in [-0.15, -0.1) is 0 Å². The van der Waals surface area contributed by atoms with Crippen molar-refractivity contribution in [2.24, 2.45) is 10.8 Å². The number of hydrogen-bond donors (Lipinski definition) is 1. The van der Waals surface area contributed by atoms with Crippen molar-refractivity contribution in [3.8, 4) is 22.9 Å². The highest BCUT2D eigenvalue weighted by Gasteiger charge is 2.19. The van der Waals surface area contributed by atoms with E-state index in [1.54, 1.807) is 12.3 Å². The summed E-state index contributed by atoms with van der Waals surface area (Å²) in [6, 6.07) is 15.0. The van der Waals surface area contributed by atoms with E-state index < -0.39 is 5.91 Å². The van der Waals surface area contributed by atoms with Gasteiger partial charge >= 0.3 is 0 Å². The molecule has 202 valence electrons. The second kappa shape index (κ2) is 12.5. The Labute approximate surface area is 253 Å². The fraction of sp³-hybridized carbons (Fsp3) is 0.241. The minimum absolute atomic E-state index is 0.203. The van der Waals surface area contributed by atoms with Crippen molar-refractivity contribution >= 4 is 68.2 Å². The van der Waals surface area contributed by atoms with Gasteiger partial charge in [-0.3, -0.25) is 9.59 Å². The van der Waals surface area contributed by atoms with Gasteiger partial charge in [-0.2, -0.15) is 9.78 Å². The number of primary amides is 1. The molecule has 0 aliphatic heterocycles. The SMILES string of the molecule is CCOc1cc(C)c(-c2nc3ccccc3c(=O)n2N=Cc2cc(I)c(OCC(N)=O)c(I)c2)cc1C(C)C. The molecule has 0 radical (unpaired) electrons. The van der Waals surface area contributed by atoms with Gasteiger partial charge in [0.15, 0.2) is 12.4 Å². The van der Waals surface area contributed by atoms with E-state index >= 15 is 0 Å². The lowest BCUT2D eigenvalue weighted by Crippen LogP contribution is -2.21. The van der Waals surface area contributed by atoms with E-state index in [9.17, 15) is 9.59 Å². The summed E-state index contributed by atoms with van der Waals surface area (Å²) in [6.07, 6.45) is 1.62. The number of rotatable bonds is 9. The Morgan fingerprint density at radius 3 is 2.46 bits per heavy atom. The van der Waals surface area contributed by atoms with Crippen LogP contribution in [-0.2, 0) is 4.79 Å². The summed E-state index contributed by atoms with van der Waals surface area (Å²) in [5, 5.41) is 5.10. The maximum absolute atomic E-state index is 13.7. The van der Waals surface area contributed by atoms with E-state index in [0.29, 0.717) is 29.1 Å². The van der Waals surface area contributed by atoms with E-state index in [2.05, 4.69) is 64.1 Å². The molecule has 0 aliphatic rings. The number of nitrogens with two attached hydrogens (primary N) is 1. The van der Waals surface area contributed by atoms with E-state index in [1.807, 2.05) is 56.3 Å². The van der Waals surface area contributed by atoms with Crippen LogP contribution in [0.25, 0.3) is 22.3 Å². The minimum Gasteiger partial charge on any atom is -0.494 e. The van der Waals surface area contributed by atoms with Gasteiger partial charge < -0.3 is 15.2 Å². The zero-order chi connectivity index (χ0) is 28.3. The molecule has 0 bridgehead atoms. The molecule has 39 heavy (non-hydrogen) atoms. The number of nitrogens with zero attached hydrogens (tertiary/aromatic N) is 3. The molecule has 8 nitrogen and oxygen atoms in total. The Kier molecular flexibility index (Phi) is 9.26. The molecule has 0 aliphatic carbocycles. The van der Waals surface area contributed by atoms with Crippen molar-refractivity contribution in [2.75, 3.05) is 13.2 Å². The molecular weight excluding hydrogens is 722 g/mol. The van der Waals surface area contributed by atoms with Crippen LogP contribution >= 0.6 is 45.2 Å². The largest absolute Gasteiger partial charge is 0.494 e. The van der Waals surface area contributed by atoms with Crippen LogP contribution < -0.4 is 20.8 Å². The standard InChI is InChI=1S/C29H28I2N4O4/c1-5-38-25-10-17(4)21(13-20(25)16(2)3)28-34-24-9-7-6-8-19(24)29(37)35(28)33-14-18-11-22(30)27(23(31)12-18)39-15-26(32)36/h6-14,16H,5,15H2,1-4H3,(H2,32,36). The zero-order valence-electron chi connectivity index (χ0n) is 22.0. The first-order chi connectivity index (χ1) is 18.6. The second-order valence-corrected chi connectivity index (χ2v) is 11.5. The Bertz CT molecular complexity index is 1620. The number of benzene rings is 3. The topological polar surface area (TPSA) is 109 Å². The molecule has 3 aromatic carbocycles. The number of amides is 1. The first kappa shape index (κ1) is 29.0. The Morgan fingerprint density at radius 2 is 1.82 bits per heavy atom. The first-order valence-electron chi connectivity index (χ1n) is 12.3. The fourth-order valence-electron chi connectivity index (χ4n) is 4.14. The summed E-state index contributed by atoms with van der Waals surface area (Å²) < 4.78 is 14.4. The summed E-state index contributed by atoms with van der Waals surface area (Å²) in [4.78, 5) is 29.7. The van der Waals surface area contributed by atoms with Gasteiger partial charge in [0.05, 0.1) is 30.9 Å². The third-order valence-corrected chi connectivity index (χ3v) is 7.58. The lowest BCUT2D eigenvalue weighted by atomic mass is 9.96. The van der Waals surface area contributed by atoms with Crippen molar-refractivity contribution in [1.82, 2.24) is 9.66 Å². The Hall–Kier alpha value is -3.00. The van der Waals surface area contributed by atoms with Crippen molar-refractivity contribution in [2.45, 2.75) is 33.6 Å². The van der Waals surface area contributed by atoms with E-state index in [4.69, 9.17) is 20.2 Å². The molecule has 0 atom stereocenters. The normalized spacial score (nSPS) is 11.5. The van der Waals surface area contributed by atoms with Crippen molar-refractivity contribution in [3.05, 3.63) is 82.7 Å². The van der Waals surface area contributed by atoms with E-state index in [-0.39, 0.29) is 18.1 Å². The average molecular weight is 750 g/mol. The van der Waals surface area contributed by atoms with Crippen LogP contribution in [0, 0.1) is 14.1 Å². The number of hydrogen-bond acceptors (Lipinski definition) is 6. The van der Waals surface area contributed by atoms with Crippen LogP contribution in [0.1, 0.15) is 43.4 Å². The lowest BCUT2D eigenvalue weighted by Gasteiger charge is -2.18. The number of para-hydroxylation sites is 1. The molecule has 2 N–H and O–H groups in total. The van der Waals surface area contributed by atoms with Crippen molar-refractivity contribution in [3.63, 3.8) is 0 Å². The molecule has 4 rings (SSSR count). The van der Waals surface area contributed by atoms with E-state index in [1.165, 1.54) is 4.68 Å². The van der Waals surface area contributed by atoms with Gasteiger partial charge in [0, 0.05) is 5.56 Å². The molecular formula is C29H28I2N4O4. The highest BCUT2D eigenvalue weighted by atomic mass is 127. The molecule has 10 heteroatoms. The van der Waals surface area contributed by atoms with Crippen LogP contribution in [0.2, 0.25) is 0 Å². The molecule has 1 heterocycles. The van der Waals surface area contributed by atoms with Crippen molar-refractivity contribution < 1.29 is 14.3 Å². The minimum atomic E-state index is -0.548. The number of ether oxygens (including phenoxy) is 2. The summed E-state index contributed by atoms with van der Waals surface area (Å²) in [7, 11) is 0. The smallest absolute Gasteiger partial charge is 0.282 e. The Balaban J connectivity index is 1.88. The molecule has 0 spiro atoms. The van der Waals surface area contributed by atoms with Crippen LogP contribution in [0.3, 0.4) is 0 Å². The maximum atomic E-state index is 13.7. The molecule has 0 saturated heterocycles. The molecule has 1 aromatic heterocycles. The fourth-order valence-corrected chi connectivity index (χ4v) is 6.26. The molecule has 0 unspecified atom stereocenters. The maximum Gasteiger partial charge on any atom is 0.282 e. The van der Waals surface area contributed by atoms with Gasteiger partial charge in [-0.05, 0) is 118 Å². The summed E-state index contributed by atoms with van der Waals surface area (Å²) in [6.45, 7) is 8.51. The predicted molar refractivity (Wildman–Crippen MR) is 171 cm³/mol. The molecule has 0 saturated carbocycles. The summed E-state index contributed by atoms with van der Waals surface area (Å²) in [5.41, 5.74) is 9.08. The second-order valence-electron chi connectivity index (χ2n) is 9.18. The van der Waals surface area contributed by atoms with Crippen LogP contribution in [0.15, 0.2) is 58.4 Å². The van der Waals surface area contributed by atoms with Gasteiger partial charge in [0.1, 0.15) is 11.5 Å². The Morgan fingerprint density at radius 1 is 1.13 bits per heavy atom. The van der Waals surface area contributed by atoms with E-state index in [0.717, 1.165) is 35.1 Å². The van der Waals surface area contributed by atoms with Gasteiger partial charge in [-0.25, -0.2) is 4.98 Å². The number of carbonyl (C=O) groups is 1. The number of halogens is 2. The van der Waals surface area contributed by atoms with Crippen molar-refractivity contribution in [1.29, 1.82) is 0 Å². The molecule has 4 aromatic rings. The summed E-state index contributed by atoms with van der Waals surface area (Å²) in [5.74, 6) is 1.50. The number of carbonyl (C=O) groups excluding carboxylic acids is 1. The molecule has 0 fully saturated rings. The average Bonchev–Trinajstić information content (AvgIpc) is 2.87. The number of fused-ring (bicyclic) bond motifs is 1. The molecule has 1 amide bonds. The predicted octanol–water partition coefficient (Wildman–Crippen LogP) is 5.85. The highest BCUT2D eigenvalue weighted by Crippen LogP contribution is 2.34. The highest BCUT2D eigenvalue weighted by molar-refractivity contribution is 14.1. The first-order valence-corrected chi connectivity index (χ1v) is 14.5. The van der Waals surface area contributed by atoms with Gasteiger partial charge in [0.2, 0.25) is 0 Å². The number of aromatic nitrogens is 2. The van der Waals surface area contributed by atoms with Crippen LogP contribution in [-0.4, -0.2) is 35.0 Å². The number of aryl methyl sites for hydroxylation is 1. The third kappa shape index (κ3) is 6.43. The quantitative estimate of drug-likeness (QED) is 0.171. The van der Waals surface area contributed by atoms with Gasteiger partial charge in [0.25, 0.3) is 11.5 Å².